The molecular weight excluding hydrogens is 463 g/mol. The van der Waals surface area contributed by atoms with E-state index in [9.17, 15) is 18.0 Å². The number of anilines is 3. The summed E-state index contributed by atoms with van der Waals surface area (Å²) in [4.78, 5) is 16.2. The predicted octanol–water partition coefficient (Wildman–Crippen LogP) is 4.86. The van der Waals surface area contributed by atoms with Crippen LogP contribution in [0.1, 0.15) is 11.1 Å². The standard InChI is InChI=1S/C24H24F3N5OS/c1-17-5-2-3-8-20(17)28-22(33)16-34-23-10-9-21(29-30-23)32-13-11-31(12-14-32)19-7-4-6-18(15-19)24(25,26)27/h2-10,15H,11-14,16H2,1H3,(H,28,33). The molecular formula is C24H24F3N5OS. The minimum Gasteiger partial charge on any atom is -0.368 e. The molecule has 178 valence electrons. The molecule has 0 aliphatic carbocycles. The van der Waals surface area contributed by atoms with Crippen LogP contribution in [-0.2, 0) is 11.0 Å². The van der Waals surface area contributed by atoms with Gasteiger partial charge in [-0.3, -0.25) is 4.79 Å². The van der Waals surface area contributed by atoms with Gasteiger partial charge in [-0.1, -0.05) is 36.0 Å². The average molecular weight is 488 g/mol. The average Bonchev–Trinajstić information content (AvgIpc) is 2.84. The Morgan fingerprint density at radius 1 is 0.971 bits per heavy atom. The normalized spacial score (nSPS) is 14.2. The second-order valence-electron chi connectivity index (χ2n) is 7.90. The molecule has 2 aromatic carbocycles. The summed E-state index contributed by atoms with van der Waals surface area (Å²) in [5.74, 6) is 0.811. The predicted molar refractivity (Wildman–Crippen MR) is 128 cm³/mol. The molecule has 10 heteroatoms. The van der Waals surface area contributed by atoms with Gasteiger partial charge in [0.15, 0.2) is 5.82 Å². The van der Waals surface area contributed by atoms with Crippen molar-refractivity contribution in [2.24, 2.45) is 0 Å². The van der Waals surface area contributed by atoms with E-state index in [4.69, 9.17) is 0 Å². The van der Waals surface area contributed by atoms with Crippen LogP contribution >= 0.6 is 11.8 Å². The van der Waals surface area contributed by atoms with Crippen molar-refractivity contribution in [1.82, 2.24) is 10.2 Å². The number of piperazine rings is 1. The largest absolute Gasteiger partial charge is 0.416 e. The number of thioether (sulfide) groups is 1. The lowest BCUT2D eigenvalue weighted by atomic mass is 10.1. The van der Waals surface area contributed by atoms with Gasteiger partial charge in [-0.15, -0.1) is 10.2 Å². The van der Waals surface area contributed by atoms with Crippen molar-refractivity contribution in [3.05, 3.63) is 71.8 Å². The van der Waals surface area contributed by atoms with Crippen LogP contribution in [0.15, 0.2) is 65.7 Å². The first-order valence-corrected chi connectivity index (χ1v) is 11.8. The molecule has 1 aliphatic rings. The van der Waals surface area contributed by atoms with E-state index in [2.05, 4.69) is 20.4 Å². The van der Waals surface area contributed by atoms with Crippen LogP contribution in [0.25, 0.3) is 0 Å². The fraction of sp³-hybridized carbons (Fsp3) is 0.292. The van der Waals surface area contributed by atoms with E-state index in [1.54, 1.807) is 6.07 Å². The summed E-state index contributed by atoms with van der Waals surface area (Å²) in [6, 6.07) is 16.7. The van der Waals surface area contributed by atoms with Crippen LogP contribution in [0.5, 0.6) is 0 Å². The molecule has 1 N–H and O–H groups in total. The molecule has 0 bridgehead atoms. The molecule has 0 radical (unpaired) electrons. The molecule has 4 rings (SSSR count). The number of hydrogen-bond acceptors (Lipinski definition) is 6. The van der Waals surface area contributed by atoms with E-state index >= 15 is 0 Å². The Hall–Kier alpha value is -3.27. The van der Waals surface area contributed by atoms with Crippen molar-refractivity contribution in [3.63, 3.8) is 0 Å². The molecule has 34 heavy (non-hydrogen) atoms. The van der Waals surface area contributed by atoms with E-state index in [0.717, 1.165) is 17.3 Å². The number of amides is 1. The lowest BCUT2D eigenvalue weighted by molar-refractivity contribution is -0.137. The zero-order valence-electron chi connectivity index (χ0n) is 18.5. The van der Waals surface area contributed by atoms with E-state index in [1.165, 1.54) is 23.9 Å². The van der Waals surface area contributed by atoms with Crippen LogP contribution in [0.3, 0.4) is 0 Å². The number of nitrogens with zero attached hydrogens (tertiary/aromatic N) is 4. The van der Waals surface area contributed by atoms with Gasteiger partial charge < -0.3 is 15.1 Å². The highest BCUT2D eigenvalue weighted by atomic mass is 32.2. The number of benzene rings is 2. The van der Waals surface area contributed by atoms with Crippen molar-refractivity contribution in [2.45, 2.75) is 18.1 Å². The van der Waals surface area contributed by atoms with Crippen molar-refractivity contribution in [3.8, 4) is 0 Å². The number of nitrogens with one attached hydrogen (secondary N) is 1. The Labute approximate surface area is 200 Å². The maximum atomic E-state index is 13.0. The molecule has 2 heterocycles. The summed E-state index contributed by atoms with van der Waals surface area (Å²) in [6.07, 6.45) is -4.35. The third kappa shape index (κ3) is 5.99. The van der Waals surface area contributed by atoms with Gasteiger partial charge >= 0.3 is 6.18 Å². The molecule has 1 aromatic heterocycles. The third-order valence-electron chi connectivity index (χ3n) is 5.54. The first-order chi connectivity index (χ1) is 16.3. The van der Waals surface area contributed by atoms with E-state index in [1.807, 2.05) is 48.2 Å². The molecule has 0 atom stereocenters. The molecule has 6 nitrogen and oxygen atoms in total. The lowest BCUT2D eigenvalue weighted by Crippen LogP contribution is -2.47. The summed E-state index contributed by atoms with van der Waals surface area (Å²) in [6.45, 7) is 4.34. The van der Waals surface area contributed by atoms with Crippen LogP contribution in [0, 0.1) is 6.92 Å². The highest BCUT2D eigenvalue weighted by Gasteiger charge is 2.31. The molecule has 1 fully saturated rings. The summed E-state index contributed by atoms with van der Waals surface area (Å²) in [5, 5.41) is 12.0. The number of carbonyl (C=O) groups is 1. The number of hydrogen-bond donors (Lipinski definition) is 1. The Morgan fingerprint density at radius 3 is 2.38 bits per heavy atom. The van der Waals surface area contributed by atoms with Crippen molar-refractivity contribution >= 4 is 34.9 Å². The topological polar surface area (TPSA) is 61.4 Å². The monoisotopic (exact) mass is 487 g/mol. The third-order valence-corrected chi connectivity index (χ3v) is 6.46. The Balaban J connectivity index is 1.28. The van der Waals surface area contributed by atoms with Gasteiger partial charge in [0, 0.05) is 37.6 Å². The van der Waals surface area contributed by atoms with Gasteiger partial charge in [-0.05, 0) is 48.9 Å². The first-order valence-electron chi connectivity index (χ1n) is 10.8. The minimum absolute atomic E-state index is 0.115. The Morgan fingerprint density at radius 2 is 1.71 bits per heavy atom. The Kier molecular flexibility index (Phi) is 7.26. The van der Waals surface area contributed by atoms with Gasteiger partial charge in [0.1, 0.15) is 5.03 Å². The zero-order chi connectivity index (χ0) is 24.1. The van der Waals surface area contributed by atoms with Gasteiger partial charge in [0.2, 0.25) is 5.91 Å². The van der Waals surface area contributed by atoms with E-state index < -0.39 is 11.7 Å². The number of carbonyl (C=O) groups excluding carboxylic acids is 1. The molecule has 1 amide bonds. The number of aromatic nitrogens is 2. The van der Waals surface area contributed by atoms with Gasteiger partial charge in [0.05, 0.1) is 11.3 Å². The smallest absolute Gasteiger partial charge is 0.368 e. The van der Waals surface area contributed by atoms with Crippen LogP contribution in [0.2, 0.25) is 0 Å². The van der Waals surface area contributed by atoms with Crippen molar-refractivity contribution in [2.75, 3.05) is 47.0 Å². The summed E-state index contributed by atoms with van der Waals surface area (Å²) < 4.78 is 39.0. The van der Waals surface area contributed by atoms with E-state index in [-0.39, 0.29) is 11.7 Å². The van der Waals surface area contributed by atoms with Gasteiger partial charge in [0.25, 0.3) is 0 Å². The molecule has 0 unspecified atom stereocenters. The van der Waals surface area contributed by atoms with Crippen molar-refractivity contribution in [1.29, 1.82) is 0 Å². The maximum absolute atomic E-state index is 13.0. The highest BCUT2D eigenvalue weighted by Crippen LogP contribution is 2.32. The summed E-state index contributed by atoms with van der Waals surface area (Å²) in [7, 11) is 0. The molecule has 3 aromatic rings. The number of halogens is 3. The zero-order valence-corrected chi connectivity index (χ0v) is 19.4. The van der Waals surface area contributed by atoms with E-state index in [0.29, 0.717) is 42.7 Å². The summed E-state index contributed by atoms with van der Waals surface area (Å²) in [5.41, 5.74) is 1.72. The number of alkyl halides is 3. The molecule has 1 saturated heterocycles. The molecule has 1 aliphatic heterocycles. The quantitative estimate of drug-likeness (QED) is 0.501. The summed E-state index contributed by atoms with van der Waals surface area (Å²) >= 11 is 1.31. The number of para-hydroxylation sites is 1. The lowest BCUT2D eigenvalue weighted by Gasteiger charge is -2.36. The molecule has 0 saturated carbocycles. The molecule has 0 spiro atoms. The second kappa shape index (κ2) is 10.3. The SMILES string of the molecule is Cc1ccccc1NC(=O)CSc1ccc(N2CCN(c3cccc(C(F)(F)F)c3)CC2)nn1. The second-order valence-corrected chi connectivity index (χ2v) is 8.90. The van der Waals surface area contributed by atoms with Crippen LogP contribution in [0.4, 0.5) is 30.4 Å². The number of rotatable bonds is 6. The van der Waals surface area contributed by atoms with Gasteiger partial charge in [-0.2, -0.15) is 13.2 Å². The van der Waals surface area contributed by atoms with Crippen LogP contribution in [-0.4, -0.2) is 48.0 Å². The number of aryl methyl sites for hydroxylation is 1. The fourth-order valence-corrected chi connectivity index (χ4v) is 4.28. The fourth-order valence-electron chi connectivity index (χ4n) is 3.67. The maximum Gasteiger partial charge on any atom is 0.416 e. The Bertz CT molecular complexity index is 1130. The van der Waals surface area contributed by atoms with Gasteiger partial charge in [-0.25, -0.2) is 0 Å². The van der Waals surface area contributed by atoms with Crippen LogP contribution < -0.4 is 15.1 Å². The highest BCUT2D eigenvalue weighted by molar-refractivity contribution is 7.99. The first kappa shape index (κ1) is 23.9. The minimum atomic E-state index is -4.35. The van der Waals surface area contributed by atoms with Crippen molar-refractivity contribution < 1.29 is 18.0 Å².